The number of rotatable bonds is 5. The first-order chi connectivity index (χ1) is 8.13. The van der Waals surface area contributed by atoms with Gasteiger partial charge in [-0.1, -0.05) is 42.5 Å². The summed E-state index contributed by atoms with van der Waals surface area (Å²) in [6.07, 6.45) is 8.19. The van der Waals surface area contributed by atoms with Crippen LogP contribution >= 0.6 is 0 Å². The molecule has 90 valence electrons. The van der Waals surface area contributed by atoms with Crippen molar-refractivity contribution in [3.63, 3.8) is 0 Å². The zero-order valence-electron chi connectivity index (χ0n) is 11.0. The van der Waals surface area contributed by atoms with Crippen LogP contribution in [0, 0.1) is 5.41 Å². The third-order valence-electron chi connectivity index (χ3n) is 2.67. The number of nitrogens with one attached hydrogen (secondary N) is 1. The van der Waals surface area contributed by atoms with Crippen LogP contribution in [0.15, 0.2) is 42.5 Å². The van der Waals surface area contributed by atoms with Gasteiger partial charge in [0.1, 0.15) is 0 Å². The Morgan fingerprint density at radius 1 is 1.18 bits per heavy atom. The summed E-state index contributed by atoms with van der Waals surface area (Å²) in [5.41, 5.74) is 4.49. The van der Waals surface area contributed by atoms with E-state index in [1.54, 1.807) is 0 Å². The van der Waals surface area contributed by atoms with Crippen LogP contribution in [0.3, 0.4) is 0 Å². The van der Waals surface area contributed by atoms with Crippen LogP contribution in [-0.2, 0) is 6.42 Å². The number of hydrogen-bond acceptors (Lipinski definition) is 1. The third-order valence-corrected chi connectivity index (χ3v) is 2.67. The fraction of sp³-hybridized carbons (Fsp3) is 0.312. The van der Waals surface area contributed by atoms with Crippen molar-refractivity contribution in [2.75, 3.05) is 0 Å². The van der Waals surface area contributed by atoms with Gasteiger partial charge in [-0.2, -0.15) is 0 Å². The highest BCUT2D eigenvalue weighted by Crippen LogP contribution is 2.15. The van der Waals surface area contributed by atoms with Crippen LogP contribution in [0.5, 0.6) is 0 Å². The van der Waals surface area contributed by atoms with E-state index in [2.05, 4.69) is 49.4 Å². The monoisotopic (exact) mass is 227 g/mol. The molecule has 0 heterocycles. The SMILES string of the molecule is C/C=C/C/C=C(\C)c1ccc(CC(C)=N)cc1. The van der Waals surface area contributed by atoms with Crippen LogP contribution in [0.2, 0.25) is 0 Å². The van der Waals surface area contributed by atoms with Gasteiger partial charge >= 0.3 is 0 Å². The van der Waals surface area contributed by atoms with E-state index in [9.17, 15) is 0 Å². The van der Waals surface area contributed by atoms with Gasteiger partial charge in [0.05, 0.1) is 0 Å². The van der Waals surface area contributed by atoms with E-state index in [0.29, 0.717) is 5.71 Å². The predicted molar refractivity (Wildman–Crippen MR) is 76.6 cm³/mol. The first-order valence-corrected chi connectivity index (χ1v) is 6.04. The Balaban J connectivity index is 2.73. The van der Waals surface area contributed by atoms with Crippen LogP contribution in [0.1, 0.15) is 38.3 Å². The average molecular weight is 227 g/mol. The number of allylic oxidation sites excluding steroid dienone is 4. The molecule has 0 aliphatic carbocycles. The minimum atomic E-state index is 0.707. The molecule has 0 aromatic heterocycles. The molecule has 0 saturated carbocycles. The lowest BCUT2D eigenvalue weighted by Gasteiger charge is -2.04. The molecule has 0 saturated heterocycles. The summed E-state index contributed by atoms with van der Waals surface area (Å²) in [6, 6.07) is 8.50. The van der Waals surface area contributed by atoms with Gasteiger partial charge in [-0.15, -0.1) is 0 Å². The third kappa shape index (κ3) is 4.81. The Kier molecular flexibility index (Phi) is 5.41. The summed E-state index contributed by atoms with van der Waals surface area (Å²) < 4.78 is 0. The maximum Gasteiger partial charge on any atom is 0.0102 e. The minimum Gasteiger partial charge on any atom is -0.310 e. The molecule has 1 nitrogen and oxygen atoms in total. The fourth-order valence-corrected chi connectivity index (χ4v) is 1.69. The molecule has 1 aromatic rings. The van der Waals surface area contributed by atoms with E-state index in [0.717, 1.165) is 12.8 Å². The van der Waals surface area contributed by atoms with Crippen LogP contribution in [0.25, 0.3) is 5.57 Å². The zero-order chi connectivity index (χ0) is 12.7. The first kappa shape index (κ1) is 13.4. The summed E-state index contributed by atoms with van der Waals surface area (Å²) in [4.78, 5) is 0. The topological polar surface area (TPSA) is 23.9 Å². The molecule has 1 N–H and O–H groups in total. The van der Waals surface area contributed by atoms with Crippen LogP contribution < -0.4 is 0 Å². The first-order valence-electron chi connectivity index (χ1n) is 6.04. The molecule has 0 bridgehead atoms. The molecule has 0 atom stereocenters. The van der Waals surface area contributed by atoms with Gasteiger partial charge in [0, 0.05) is 12.1 Å². The average Bonchev–Trinajstić information content (AvgIpc) is 2.29. The Morgan fingerprint density at radius 3 is 2.35 bits per heavy atom. The van der Waals surface area contributed by atoms with Crippen molar-refractivity contribution in [3.05, 3.63) is 53.6 Å². The summed E-state index contributed by atoms with van der Waals surface area (Å²) in [5.74, 6) is 0. The van der Waals surface area contributed by atoms with Crippen molar-refractivity contribution in [3.8, 4) is 0 Å². The summed E-state index contributed by atoms with van der Waals surface area (Å²) >= 11 is 0. The van der Waals surface area contributed by atoms with Gasteiger partial charge in [0.15, 0.2) is 0 Å². The van der Waals surface area contributed by atoms with Gasteiger partial charge < -0.3 is 5.41 Å². The maximum absolute atomic E-state index is 7.46. The highest BCUT2D eigenvalue weighted by atomic mass is 14.4. The molecule has 0 radical (unpaired) electrons. The van der Waals surface area contributed by atoms with Crippen molar-refractivity contribution < 1.29 is 0 Å². The molecule has 0 spiro atoms. The van der Waals surface area contributed by atoms with Crippen molar-refractivity contribution in [2.45, 2.75) is 33.6 Å². The normalized spacial score (nSPS) is 12.1. The van der Waals surface area contributed by atoms with Crippen LogP contribution in [-0.4, -0.2) is 5.71 Å². The second kappa shape index (κ2) is 6.85. The van der Waals surface area contributed by atoms with E-state index in [4.69, 9.17) is 5.41 Å². The fourth-order valence-electron chi connectivity index (χ4n) is 1.69. The molecule has 1 heteroatoms. The second-order valence-electron chi connectivity index (χ2n) is 4.35. The number of hydrogen-bond donors (Lipinski definition) is 1. The van der Waals surface area contributed by atoms with E-state index < -0.39 is 0 Å². The molecule has 0 aliphatic heterocycles. The highest BCUT2D eigenvalue weighted by molar-refractivity contribution is 5.81. The van der Waals surface area contributed by atoms with Crippen LogP contribution in [0.4, 0.5) is 0 Å². The molecule has 0 aliphatic rings. The molecule has 17 heavy (non-hydrogen) atoms. The molecule has 1 aromatic carbocycles. The van der Waals surface area contributed by atoms with Crippen molar-refractivity contribution >= 4 is 11.3 Å². The van der Waals surface area contributed by atoms with E-state index in [-0.39, 0.29) is 0 Å². The Hall–Kier alpha value is -1.63. The Bertz CT molecular complexity index is 421. The number of benzene rings is 1. The van der Waals surface area contributed by atoms with E-state index in [1.807, 2.05) is 13.8 Å². The molecule has 0 unspecified atom stereocenters. The lowest BCUT2D eigenvalue weighted by molar-refractivity contribution is 1.26. The molecular weight excluding hydrogens is 206 g/mol. The summed E-state index contributed by atoms with van der Waals surface area (Å²) in [5, 5.41) is 7.46. The van der Waals surface area contributed by atoms with Gasteiger partial charge in [0.25, 0.3) is 0 Å². The largest absolute Gasteiger partial charge is 0.310 e. The Labute approximate surface area is 104 Å². The smallest absolute Gasteiger partial charge is 0.0102 e. The van der Waals surface area contributed by atoms with E-state index >= 15 is 0 Å². The highest BCUT2D eigenvalue weighted by Gasteiger charge is 1.97. The van der Waals surface area contributed by atoms with Gasteiger partial charge in [-0.25, -0.2) is 0 Å². The molecule has 1 rings (SSSR count). The summed E-state index contributed by atoms with van der Waals surface area (Å²) in [6.45, 7) is 6.02. The quantitative estimate of drug-likeness (QED) is 0.560. The van der Waals surface area contributed by atoms with Gasteiger partial charge in [0.2, 0.25) is 0 Å². The molecule has 0 fully saturated rings. The molecular formula is C16H21N. The second-order valence-corrected chi connectivity index (χ2v) is 4.35. The zero-order valence-corrected chi connectivity index (χ0v) is 11.0. The van der Waals surface area contributed by atoms with Crippen molar-refractivity contribution in [1.29, 1.82) is 5.41 Å². The van der Waals surface area contributed by atoms with Gasteiger partial charge in [-0.05, 0) is 43.9 Å². The lowest BCUT2D eigenvalue weighted by atomic mass is 10.0. The van der Waals surface area contributed by atoms with Crippen molar-refractivity contribution in [2.24, 2.45) is 0 Å². The lowest BCUT2D eigenvalue weighted by Crippen LogP contribution is -1.94. The Morgan fingerprint density at radius 2 is 1.82 bits per heavy atom. The molecule has 0 amide bonds. The van der Waals surface area contributed by atoms with Gasteiger partial charge in [-0.3, -0.25) is 0 Å². The van der Waals surface area contributed by atoms with E-state index in [1.165, 1.54) is 16.7 Å². The predicted octanol–water partition coefficient (Wildman–Crippen LogP) is 4.64. The van der Waals surface area contributed by atoms with Crippen molar-refractivity contribution in [1.82, 2.24) is 0 Å². The maximum atomic E-state index is 7.46. The summed E-state index contributed by atoms with van der Waals surface area (Å²) in [7, 11) is 0. The standard InChI is InChI=1S/C16H21N/c1-4-5-6-7-13(2)16-10-8-15(9-11-16)12-14(3)17/h4-5,7-11,17H,6,12H2,1-3H3/b5-4+,13-7+,17-14?. The minimum absolute atomic E-state index is 0.707.